The zero-order valence-corrected chi connectivity index (χ0v) is 20.2. The number of rotatable bonds is 8. The molecule has 0 N–H and O–H groups in total. The summed E-state index contributed by atoms with van der Waals surface area (Å²) in [5, 5.41) is 0.579. The summed E-state index contributed by atoms with van der Waals surface area (Å²) < 4.78 is 7.40. The Labute approximate surface area is 205 Å². The molecule has 1 fully saturated rings. The Morgan fingerprint density at radius 1 is 1.21 bits per heavy atom. The fourth-order valence-electron chi connectivity index (χ4n) is 4.82. The van der Waals surface area contributed by atoms with Crippen LogP contribution in [0.2, 0.25) is 5.02 Å². The van der Waals surface area contributed by atoms with E-state index in [2.05, 4.69) is 34.0 Å². The molecule has 1 saturated heterocycles. The Bertz CT molecular complexity index is 1160. The Balaban J connectivity index is 1.21. The van der Waals surface area contributed by atoms with Crippen molar-refractivity contribution in [2.24, 2.45) is 4.99 Å². The zero-order chi connectivity index (χ0) is 23.5. The van der Waals surface area contributed by atoms with E-state index < -0.39 is 0 Å². The van der Waals surface area contributed by atoms with Gasteiger partial charge in [0.1, 0.15) is 18.2 Å². The van der Waals surface area contributed by atoms with Gasteiger partial charge in [-0.2, -0.15) is 0 Å². The van der Waals surface area contributed by atoms with Crippen LogP contribution in [0.25, 0.3) is 5.70 Å². The van der Waals surface area contributed by atoms with Gasteiger partial charge in [0.25, 0.3) is 5.56 Å². The van der Waals surface area contributed by atoms with E-state index in [1.54, 1.807) is 35.2 Å². The molecule has 2 aromatic heterocycles. The van der Waals surface area contributed by atoms with Crippen molar-refractivity contribution in [3.8, 4) is 5.75 Å². The lowest BCUT2D eigenvalue weighted by molar-refractivity contribution is 0.300. The number of likely N-dealkylation sites (tertiary alicyclic amines) is 1. The van der Waals surface area contributed by atoms with E-state index in [0.717, 1.165) is 36.6 Å². The fourth-order valence-corrected chi connectivity index (χ4v) is 4.93. The van der Waals surface area contributed by atoms with Crippen LogP contribution in [-0.4, -0.2) is 64.0 Å². The summed E-state index contributed by atoms with van der Waals surface area (Å²) in [5.41, 5.74) is 1.47. The number of aliphatic imine (C=N–C) groups is 1. The van der Waals surface area contributed by atoms with Gasteiger partial charge in [0.2, 0.25) is 0 Å². The molecule has 178 valence electrons. The molecule has 8 heteroatoms. The van der Waals surface area contributed by atoms with Crippen LogP contribution in [0, 0.1) is 0 Å². The van der Waals surface area contributed by atoms with Gasteiger partial charge in [-0.25, -0.2) is 0 Å². The monoisotopic (exact) mass is 479 g/mol. The summed E-state index contributed by atoms with van der Waals surface area (Å²) in [6, 6.07) is 7.13. The minimum Gasteiger partial charge on any atom is -0.487 e. The van der Waals surface area contributed by atoms with Gasteiger partial charge in [0.05, 0.1) is 22.8 Å². The van der Waals surface area contributed by atoms with Crippen LogP contribution in [0.3, 0.4) is 0 Å². The van der Waals surface area contributed by atoms with Crippen molar-refractivity contribution in [1.82, 2.24) is 19.4 Å². The molecular formula is C26H30ClN5O2. The van der Waals surface area contributed by atoms with E-state index in [1.165, 1.54) is 32.0 Å². The minimum absolute atomic E-state index is 0.112. The second-order valence-corrected chi connectivity index (χ2v) is 9.50. The fraction of sp³-hybridized carbons (Fsp3) is 0.423. The van der Waals surface area contributed by atoms with E-state index >= 15 is 0 Å². The highest BCUT2D eigenvalue weighted by molar-refractivity contribution is 6.30. The van der Waals surface area contributed by atoms with Gasteiger partial charge in [-0.15, -0.1) is 0 Å². The summed E-state index contributed by atoms with van der Waals surface area (Å²) in [5.74, 6) is 1.67. The molecule has 0 bridgehead atoms. The van der Waals surface area contributed by atoms with Crippen molar-refractivity contribution in [3.05, 3.63) is 76.0 Å². The van der Waals surface area contributed by atoms with Crippen molar-refractivity contribution in [1.29, 1.82) is 0 Å². The minimum atomic E-state index is -0.136. The van der Waals surface area contributed by atoms with Crippen molar-refractivity contribution in [2.75, 3.05) is 26.7 Å². The number of fused-ring (bicyclic) bond motifs is 1. The molecule has 0 aromatic carbocycles. The zero-order valence-electron chi connectivity index (χ0n) is 19.4. The molecule has 7 nitrogen and oxygen atoms in total. The molecule has 0 radical (unpaired) electrons. The molecule has 0 spiro atoms. The normalized spacial score (nSPS) is 22.0. The van der Waals surface area contributed by atoms with Crippen molar-refractivity contribution < 1.29 is 4.74 Å². The highest BCUT2D eigenvalue weighted by Gasteiger charge is 2.32. The number of amidine groups is 1. The molecule has 2 unspecified atom stereocenters. The summed E-state index contributed by atoms with van der Waals surface area (Å²) in [6.07, 6.45) is 14.4. The number of aromatic nitrogens is 2. The maximum absolute atomic E-state index is 12.8. The van der Waals surface area contributed by atoms with E-state index in [0.29, 0.717) is 10.8 Å². The Hall–Kier alpha value is -2.90. The van der Waals surface area contributed by atoms with Crippen LogP contribution in [0.15, 0.2) is 64.7 Å². The van der Waals surface area contributed by atoms with Gasteiger partial charge in [0.15, 0.2) is 0 Å². The van der Waals surface area contributed by atoms with Crippen LogP contribution in [0.4, 0.5) is 0 Å². The number of hydrogen-bond donors (Lipinski definition) is 0. The van der Waals surface area contributed by atoms with Gasteiger partial charge in [-0.1, -0.05) is 17.7 Å². The number of halogens is 1. The average Bonchev–Trinajstić information content (AvgIpc) is 3.47. The molecule has 2 atom stereocenters. The second-order valence-electron chi connectivity index (χ2n) is 9.07. The van der Waals surface area contributed by atoms with Crippen LogP contribution in [0.5, 0.6) is 5.75 Å². The van der Waals surface area contributed by atoms with Crippen molar-refractivity contribution in [3.63, 3.8) is 0 Å². The summed E-state index contributed by atoms with van der Waals surface area (Å²) in [6.45, 7) is 3.89. The topological polar surface area (TPSA) is 63.0 Å². The first kappa shape index (κ1) is 22.9. The first-order valence-corrected chi connectivity index (χ1v) is 12.3. The molecule has 2 aliphatic heterocycles. The molecule has 0 amide bonds. The smallest absolute Gasteiger partial charge is 0.258 e. The van der Waals surface area contributed by atoms with Crippen LogP contribution in [0.1, 0.15) is 31.4 Å². The number of pyridine rings is 2. The first-order chi connectivity index (χ1) is 16.6. The van der Waals surface area contributed by atoms with Gasteiger partial charge in [-0.3, -0.25) is 19.3 Å². The van der Waals surface area contributed by atoms with E-state index in [1.807, 2.05) is 6.08 Å². The van der Waals surface area contributed by atoms with Crippen molar-refractivity contribution >= 4 is 23.1 Å². The molecule has 34 heavy (non-hydrogen) atoms. The molecule has 2 aromatic rings. The molecule has 5 rings (SSSR count). The summed E-state index contributed by atoms with van der Waals surface area (Å²) >= 11 is 5.87. The summed E-state index contributed by atoms with van der Waals surface area (Å²) in [4.78, 5) is 26.8. The highest BCUT2D eigenvalue weighted by atomic mass is 35.5. The van der Waals surface area contributed by atoms with E-state index in [-0.39, 0.29) is 24.2 Å². The maximum Gasteiger partial charge on any atom is 0.258 e. The molecule has 1 aliphatic carbocycles. The molecule has 0 saturated carbocycles. The van der Waals surface area contributed by atoms with E-state index in [4.69, 9.17) is 21.3 Å². The standard InChI is InChI=1S/C26H30ClN5O2/c1-30-24-15-21(8-9-23(24)29-25(30)5-4-13-31-11-2-3-12-31)32-14-10-22(16-26(32)33)34-18-20-7-6-19(27)17-28-20/h6-10,14-17,23-24H,2-5,11-13,18H2,1H3. The van der Waals surface area contributed by atoms with Crippen LogP contribution >= 0.6 is 11.6 Å². The number of hydrogen-bond acceptors (Lipinski definition) is 6. The van der Waals surface area contributed by atoms with Gasteiger partial charge >= 0.3 is 0 Å². The van der Waals surface area contributed by atoms with Crippen LogP contribution < -0.4 is 10.3 Å². The van der Waals surface area contributed by atoms with Crippen molar-refractivity contribution in [2.45, 2.75) is 44.4 Å². The third-order valence-corrected chi connectivity index (χ3v) is 6.95. The van der Waals surface area contributed by atoms with Crippen LogP contribution in [-0.2, 0) is 6.61 Å². The highest BCUT2D eigenvalue weighted by Crippen LogP contribution is 2.27. The number of nitrogens with zero attached hydrogens (tertiary/aromatic N) is 5. The number of ether oxygens (including phenoxy) is 1. The largest absolute Gasteiger partial charge is 0.487 e. The molecule has 3 aliphatic rings. The van der Waals surface area contributed by atoms with Gasteiger partial charge in [0, 0.05) is 37.6 Å². The van der Waals surface area contributed by atoms with Gasteiger partial charge < -0.3 is 14.5 Å². The maximum atomic E-state index is 12.8. The number of likely N-dealkylation sites (N-methyl/N-ethyl adjacent to an activating group) is 1. The number of allylic oxidation sites excluding steroid dienone is 2. The third-order valence-electron chi connectivity index (χ3n) is 6.73. The lowest BCUT2D eigenvalue weighted by atomic mass is 10.0. The average molecular weight is 480 g/mol. The Morgan fingerprint density at radius 3 is 2.82 bits per heavy atom. The Morgan fingerprint density at radius 2 is 2.06 bits per heavy atom. The lowest BCUT2D eigenvalue weighted by Gasteiger charge is -2.26. The Kier molecular flexibility index (Phi) is 6.83. The molecule has 4 heterocycles. The predicted molar refractivity (Wildman–Crippen MR) is 135 cm³/mol. The second kappa shape index (κ2) is 10.2. The summed E-state index contributed by atoms with van der Waals surface area (Å²) in [7, 11) is 2.11. The quantitative estimate of drug-likeness (QED) is 0.575. The molecular weight excluding hydrogens is 450 g/mol. The first-order valence-electron chi connectivity index (χ1n) is 11.9. The lowest BCUT2D eigenvalue weighted by Crippen LogP contribution is -2.36. The third kappa shape index (κ3) is 5.10. The van der Waals surface area contributed by atoms with Gasteiger partial charge in [-0.05, 0) is 69.2 Å². The van der Waals surface area contributed by atoms with E-state index in [9.17, 15) is 4.79 Å². The predicted octanol–water partition coefficient (Wildman–Crippen LogP) is 3.84. The SMILES string of the molecule is CN1C(CCCN2CCCC2)=NC2C=CC(n3ccc(OCc4ccc(Cl)cn4)cc3=O)=CC21.